The van der Waals surface area contributed by atoms with Gasteiger partial charge in [-0.15, -0.1) is 0 Å². The lowest BCUT2D eigenvalue weighted by Gasteiger charge is -1.83. The van der Waals surface area contributed by atoms with E-state index in [1.54, 1.807) is 0 Å². The van der Waals surface area contributed by atoms with Crippen LogP contribution in [0.1, 0.15) is 2.74 Å². The third-order valence-electron chi connectivity index (χ3n) is 0.303. The molecule has 0 aromatic rings. The van der Waals surface area contributed by atoms with Crippen molar-refractivity contribution >= 4 is 5.97 Å². The lowest BCUT2D eigenvalue weighted by molar-refractivity contribution is -0.134. The standard InChI is InChI=1S/C4H6O2/c1-3-4(5)6-2/h3H,1H2,2H3/i1+1D,3D. The Morgan fingerprint density at radius 3 is 3.33 bits per heavy atom. The monoisotopic (exact) mass is 89.1 g/mol. The Hall–Kier alpha value is -0.790. The Bertz CT molecular complexity index is 119. The fourth-order valence-corrected chi connectivity index (χ4v) is 0.0589. The van der Waals surface area contributed by atoms with Crippen LogP contribution in [0.3, 0.4) is 0 Å². The molecule has 0 bridgehead atoms. The molecule has 2 nitrogen and oxygen atoms in total. The van der Waals surface area contributed by atoms with E-state index in [-0.39, 0.29) is 0 Å². The largest absolute Gasteiger partial charge is 0.466 e. The molecule has 0 aliphatic carbocycles. The minimum absolute atomic E-state index is 0.437. The Balaban J connectivity index is 3.83. The van der Waals surface area contributed by atoms with Crippen molar-refractivity contribution in [2.75, 3.05) is 7.11 Å². The van der Waals surface area contributed by atoms with Gasteiger partial charge in [-0.3, -0.25) is 0 Å². The summed E-state index contributed by atoms with van der Waals surface area (Å²) in [4.78, 5) is 10.1. The summed E-state index contributed by atoms with van der Waals surface area (Å²) in [6, 6.07) is -0.437. The first-order chi connectivity index (χ1) is 3.72. The van der Waals surface area contributed by atoms with Crippen LogP contribution in [-0.4, -0.2) is 13.1 Å². The van der Waals surface area contributed by atoms with Gasteiger partial charge >= 0.3 is 5.97 Å². The highest BCUT2D eigenvalue weighted by atomic mass is 16.5. The minimum atomic E-state index is -0.778. The normalized spacial score (nSPS) is 15.2. The second kappa shape index (κ2) is 2.45. The van der Waals surface area contributed by atoms with Gasteiger partial charge in [-0.25, -0.2) is 4.79 Å². The molecule has 0 unspecified atom stereocenters. The van der Waals surface area contributed by atoms with Gasteiger partial charge in [0.2, 0.25) is 0 Å². The van der Waals surface area contributed by atoms with Crippen LogP contribution in [0.4, 0.5) is 0 Å². The van der Waals surface area contributed by atoms with E-state index in [1.807, 2.05) is 0 Å². The molecule has 0 aromatic heterocycles. The number of esters is 1. The molecular formula is C4H6O2. The zero-order valence-electron chi connectivity index (χ0n) is 5.39. The number of hydrogen-bond donors (Lipinski definition) is 0. The smallest absolute Gasteiger partial charge is 0.329 e. The first-order valence-electron chi connectivity index (χ1n) is 2.43. The van der Waals surface area contributed by atoms with Crippen LogP contribution in [0, 0.1) is 0 Å². The lowest BCUT2D eigenvalue weighted by atomic mass is 10.7. The third kappa shape index (κ3) is 1.52. The molecule has 0 fully saturated rings. The molecule has 0 spiro atoms. The predicted molar refractivity (Wildman–Crippen MR) is 22.2 cm³/mol. The summed E-state index contributed by atoms with van der Waals surface area (Å²) in [5, 5.41) is 0. The molecule has 0 heterocycles. The average molecular weight is 89.1 g/mol. The van der Waals surface area contributed by atoms with Gasteiger partial charge in [0.05, 0.1) is 9.85 Å². The zero-order chi connectivity index (χ0) is 6.57. The van der Waals surface area contributed by atoms with E-state index >= 15 is 0 Å². The molecule has 0 saturated carbocycles. The number of hydrogen-bond acceptors (Lipinski definition) is 2. The van der Waals surface area contributed by atoms with E-state index in [1.165, 1.54) is 7.11 Å². The summed E-state index contributed by atoms with van der Waals surface area (Å²) in [7, 11) is 1.17. The van der Waals surface area contributed by atoms with Gasteiger partial charge in [-0.1, -0.05) is 6.55 Å². The fraction of sp³-hybridized carbons (Fsp3) is 0.250. The van der Waals surface area contributed by atoms with Gasteiger partial charge in [0.25, 0.3) is 0 Å². The van der Waals surface area contributed by atoms with Crippen LogP contribution in [0.5, 0.6) is 0 Å². The predicted octanol–water partition coefficient (Wildman–Crippen LogP) is 0.345. The molecule has 0 atom stereocenters. The van der Waals surface area contributed by atoms with E-state index in [0.717, 1.165) is 0 Å². The lowest BCUT2D eigenvalue weighted by Crippen LogP contribution is -1.91. The molecule has 0 rings (SSSR count). The van der Waals surface area contributed by atoms with Crippen LogP contribution >= 0.6 is 0 Å². The summed E-state index contributed by atoms with van der Waals surface area (Å²) >= 11 is 0. The summed E-state index contributed by atoms with van der Waals surface area (Å²) in [5.41, 5.74) is 0. The van der Waals surface area contributed by atoms with Gasteiger partial charge in [0.1, 0.15) is 0 Å². The topological polar surface area (TPSA) is 26.3 Å². The summed E-state index contributed by atoms with van der Waals surface area (Å²) < 4.78 is 17.1. The molecular weight excluding hydrogens is 81.0 g/mol. The maximum absolute atomic E-state index is 10.1. The van der Waals surface area contributed by atoms with Gasteiger partial charge in [-0.05, 0) is 0 Å². The van der Waals surface area contributed by atoms with E-state index in [0.29, 0.717) is 6.55 Å². The second-order valence-corrected chi connectivity index (χ2v) is 0.636. The van der Waals surface area contributed by atoms with Crippen molar-refractivity contribution in [2.24, 2.45) is 0 Å². The van der Waals surface area contributed by atoms with Crippen LogP contribution in [0.2, 0.25) is 0 Å². The van der Waals surface area contributed by atoms with Crippen molar-refractivity contribution in [3.05, 3.63) is 12.6 Å². The third-order valence-corrected chi connectivity index (χ3v) is 0.303. The molecule has 0 saturated heterocycles. The van der Waals surface area contributed by atoms with E-state index in [4.69, 9.17) is 2.74 Å². The van der Waals surface area contributed by atoms with Crippen LogP contribution in [0.15, 0.2) is 12.6 Å². The Labute approximate surface area is 39.2 Å². The number of ether oxygens (including phenoxy) is 1. The summed E-state index contributed by atoms with van der Waals surface area (Å²) in [5.74, 6) is -0.778. The Morgan fingerprint density at radius 2 is 3.17 bits per heavy atom. The van der Waals surface area contributed by atoms with Crippen LogP contribution in [0.25, 0.3) is 0 Å². The van der Waals surface area contributed by atoms with E-state index in [2.05, 4.69) is 4.74 Å². The number of carbonyl (C=O) groups is 1. The maximum atomic E-state index is 10.1. The second-order valence-electron chi connectivity index (χ2n) is 0.636. The molecule has 0 amide bonds. The number of rotatable bonds is 1. The van der Waals surface area contributed by atoms with Crippen LogP contribution in [-0.2, 0) is 9.53 Å². The van der Waals surface area contributed by atoms with Gasteiger partial charge < -0.3 is 4.74 Å². The maximum Gasteiger partial charge on any atom is 0.329 e. The van der Waals surface area contributed by atoms with Crippen molar-refractivity contribution in [3.8, 4) is 0 Å². The van der Waals surface area contributed by atoms with E-state index in [9.17, 15) is 4.79 Å². The minimum Gasteiger partial charge on any atom is -0.466 e. The van der Waals surface area contributed by atoms with Crippen molar-refractivity contribution in [3.63, 3.8) is 0 Å². The Kier molecular flexibility index (Phi) is 0.977. The molecule has 34 valence electrons. The van der Waals surface area contributed by atoms with Gasteiger partial charge in [0.15, 0.2) is 0 Å². The first-order valence-corrected chi connectivity index (χ1v) is 1.36. The fourth-order valence-electron chi connectivity index (χ4n) is 0.0589. The van der Waals surface area contributed by atoms with Crippen molar-refractivity contribution in [1.82, 2.24) is 0 Å². The van der Waals surface area contributed by atoms with Crippen molar-refractivity contribution < 1.29 is 12.3 Å². The van der Waals surface area contributed by atoms with Crippen LogP contribution < -0.4 is 0 Å². The Morgan fingerprint density at radius 1 is 2.50 bits per heavy atom. The SMILES string of the molecule is [2H][13CH]=C([2H])C(=O)OC. The number of carbonyl (C=O) groups excluding carboxylic acids is 1. The van der Waals surface area contributed by atoms with Crippen molar-refractivity contribution in [2.45, 2.75) is 0 Å². The van der Waals surface area contributed by atoms with E-state index < -0.39 is 12.0 Å². The molecule has 0 radical (unpaired) electrons. The summed E-state index contributed by atoms with van der Waals surface area (Å²) in [6.45, 7) is 0.631. The molecule has 0 aromatic carbocycles. The first kappa shape index (κ1) is 2.39. The molecule has 0 aliphatic rings. The highest BCUT2D eigenvalue weighted by Gasteiger charge is 1.81. The highest BCUT2D eigenvalue weighted by molar-refractivity contribution is 5.80. The van der Waals surface area contributed by atoms with Gasteiger partial charge in [-0.2, -0.15) is 0 Å². The van der Waals surface area contributed by atoms with Gasteiger partial charge in [0, 0.05) is 6.05 Å². The quantitative estimate of drug-likeness (QED) is 0.263. The molecule has 0 N–H and O–H groups in total. The zero-order valence-corrected chi connectivity index (χ0v) is 3.39. The molecule has 2 heteroatoms. The average Bonchev–Trinajstić information content (AvgIpc) is 1.84. The number of methoxy groups -OCH3 is 1. The highest BCUT2D eigenvalue weighted by Crippen LogP contribution is 1.67. The molecule has 0 aliphatic heterocycles. The summed E-state index contributed by atoms with van der Waals surface area (Å²) in [6.07, 6.45) is 0. The molecule has 6 heavy (non-hydrogen) atoms. The van der Waals surface area contributed by atoms with Crippen molar-refractivity contribution in [1.29, 1.82) is 0 Å².